The second-order valence-corrected chi connectivity index (χ2v) is 6.72. The van der Waals surface area contributed by atoms with Crippen molar-refractivity contribution in [3.63, 3.8) is 0 Å². The number of rotatable bonds is 5. The number of nitrogens with two attached hydrogens (primary N) is 1. The molecule has 0 saturated heterocycles. The van der Waals surface area contributed by atoms with Gasteiger partial charge in [0.1, 0.15) is 0 Å². The van der Waals surface area contributed by atoms with E-state index in [1.807, 2.05) is 19.1 Å². The molecule has 0 amide bonds. The minimum atomic E-state index is -3.56. The highest BCUT2D eigenvalue weighted by Gasteiger charge is 2.18. The minimum absolute atomic E-state index is 0.242. The number of sulfonamides is 1. The lowest BCUT2D eigenvalue weighted by Gasteiger charge is -2.12. The SMILES string of the molecule is Cc1cc(N)c(C)c(S(=O)(=O)NCCc2cccnc2)c1. The third-order valence-electron chi connectivity index (χ3n) is 3.26. The summed E-state index contributed by atoms with van der Waals surface area (Å²) in [5.74, 6) is 0. The lowest BCUT2D eigenvalue weighted by atomic mass is 10.1. The second kappa shape index (κ2) is 6.24. The summed E-state index contributed by atoms with van der Waals surface area (Å²) < 4.78 is 27.3. The highest BCUT2D eigenvalue weighted by Crippen LogP contribution is 2.22. The second-order valence-electron chi connectivity index (χ2n) is 4.99. The monoisotopic (exact) mass is 305 g/mol. The normalized spacial score (nSPS) is 11.5. The molecule has 0 atom stereocenters. The van der Waals surface area contributed by atoms with Crippen LogP contribution in [-0.2, 0) is 16.4 Å². The van der Waals surface area contributed by atoms with Crippen LogP contribution in [0.4, 0.5) is 5.69 Å². The lowest BCUT2D eigenvalue weighted by Crippen LogP contribution is -2.27. The fourth-order valence-corrected chi connectivity index (χ4v) is 3.47. The van der Waals surface area contributed by atoms with Gasteiger partial charge in [-0.3, -0.25) is 4.98 Å². The van der Waals surface area contributed by atoms with Gasteiger partial charge in [0.05, 0.1) is 4.90 Å². The fraction of sp³-hybridized carbons (Fsp3) is 0.267. The van der Waals surface area contributed by atoms with E-state index in [0.717, 1.165) is 11.1 Å². The zero-order valence-corrected chi connectivity index (χ0v) is 12.9. The largest absolute Gasteiger partial charge is 0.398 e. The van der Waals surface area contributed by atoms with Gasteiger partial charge in [-0.05, 0) is 55.2 Å². The number of aryl methyl sites for hydroxylation is 1. The molecule has 5 nitrogen and oxygen atoms in total. The summed E-state index contributed by atoms with van der Waals surface area (Å²) in [6.07, 6.45) is 4.00. The third-order valence-corrected chi connectivity index (χ3v) is 4.85. The van der Waals surface area contributed by atoms with Gasteiger partial charge in [-0.15, -0.1) is 0 Å². The number of nitrogen functional groups attached to an aromatic ring is 1. The number of nitrogens with one attached hydrogen (secondary N) is 1. The molecule has 3 N–H and O–H groups in total. The molecule has 0 spiro atoms. The molecule has 21 heavy (non-hydrogen) atoms. The van der Waals surface area contributed by atoms with Gasteiger partial charge in [-0.2, -0.15) is 0 Å². The highest BCUT2D eigenvalue weighted by atomic mass is 32.2. The predicted molar refractivity (Wildman–Crippen MR) is 83.5 cm³/mol. The van der Waals surface area contributed by atoms with E-state index in [2.05, 4.69) is 9.71 Å². The maximum atomic E-state index is 12.4. The molecule has 0 fully saturated rings. The Morgan fingerprint density at radius 3 is 2.71 bits per heavy atom. The molecular weight excluding hydrogens is 286 g/mol. The molecule has 1 heterocycles. The van der Waals surface area contributed by atoms with Gasteiger partial charge in [0.2, 0.25) is 10.0 Å². The van der Waals surface area contributed by atoms with Crippen LogP contribution in [0.3, 0.4) is 0 Å². The van der Waals surface area contributed by atoms with Gasteiger partial charge in [0.25, 0.3) is 0 Å². The van der Waals surface area contributed by atoms with Gasteiger partial charge in [-0.1, -0.05) is 6.07 Å². The highest BCUT2D eigenvalue weighted by molar-refractivity contribution is 7.89. The number of aromatic nitrogens is 1. The predicted octanol–water partition coefficient (Wildman–Crippen LogP) is 1.80. The molecular formula is C15H19N3O2S. The lowest BCUT2D eigenvalue weighted by molar-refractivity contribution is 0.581. The van der Waals surface area contributed by atoms with Crippen LogP contribution in [-0.4, -0.2) is 19.9 Å². The first-order chi connectivity index (χ1) is 9.90. The molecule has 0 aliphatic carbocycles. The average Bonchev–Trinajstić information content (AvgIpc) is 2.43. The number of hydrogen-bond donors (Lipinski definition) is 2. The smallest absolute Gasteiger partial charge is 0.240 e. The molecule has 112 valence electrons. The van der Waals surface area contributed by atoms with Gasteiger partial charge < -0.3 is 5.73 Å². The topological polar surface area (TPSA) is 85.1 Å². The van der Waals surface area contributed by atoms with Gasteiger partial charge in [-0.25, -0.2) is 13.1 Å². The van der Waals surface area contributed by atoms with E-state index in [0.29, 0.717) is 24.2 Å². The van der Waals surface area contributed by atoms with E-state index in [1.54, 1.807) is 31.5 Å². The van der Waals surface area contributed by atoms with Crippen LogP contribution in [0.15, 0.2) is 41.6 Å². The van der Waals surface area contributed by atoms with Crippen molar-refractivity contribution in [1.29, 1.82) is 0 Å². The Labute approximate surface area is 125 Å². The quantitative estimate of drug-likeness (QED) is 0.825. The maximum Gasteiger partial charge on any atom is 0.240 e. The van der Waals surface area contributed by atoms with Crippen LogP contribution in [0.5, 0.6) is 0 Å². The van der Waals surface area contributed by atoms with Crippen molar-refractivity contribution in [2.75, 3.05) is 12.3 Å². The molecule has 0 bridgehead atoms. The Morgan fingerprint density at radius 1 is 1.29 bits per heavy atom. The molecule has 0 radical (unpaired) electrons. The first-order valence-electron chi connectivity index (χ1n) is 6.65. The maximum absolute atomic E-state index is 12.4. The van der Waals surface area contributed by atoms with E-state index < -0.39 is 10.0 Å². The molecule has 0 saturated carbocycles. The molecule has 1 aromatic carbocycles. The van der Waals surface area contributed by atoms with Crippen molar-refractivity contribution in [3.05, 3.63) is 53.3 Å². The fourth-order valence-electron chi connectivity index (χ4n) is 2.09. The van der Waals surface area contributed by atoms with Crippen LogP contribution in [0.1, 0.15) is 16.7 Å². The molecule has 0 unspecified atom stereocenters. The van der Waals surface area contributed by atoms with Crippen LogP contribution in [0.2, 0.25) is 0 Å². The van der Waals surface area contributed by atoms with E-state index in [9.17, 15) is 8.42 Å². The average molecular weight is 305 g/mol. The summed E-state index contributed by atoms with van der Waals surface area (Å²) in [7, 11) is -3.56. The van der Waals surface area contributed by atoms with Gasteiger partial charge >= 0.3 is 0 Å². The first-order valence-corrected chi connectivity index (χ1v) is 8.14. The molecule has 6 heteroatoms. The zero-order valence-electron chi connectivity index (χ0n) is 12.1. The van der Waals surface area contributed by atoms with Crippen LogP contribution >= 0.6 is 0 Å². The first kappa shape index (κ1) is 15.5. The third kappa shape index (κ3) is 3.80. The standard InChI is InChI=1S/C15H19N3O2S/c1-11-8-14(16)12(2)15(9-11)21(19,20)18-7-5-13-4-3-6-17-10-13/h3-4,6,8-10,18H,5,7,16H2,1-2H3. The summed E-state index contributed by atoms with van der Waals surface area (Å²) in [5.41, 5.74) is 8.72. The molecule has 1 aromatic heterocycles. The van der Waals surface area contributed by atoms with Crippen molar-refractivity contribution in [2.45, 2.75) is 25.2 Å². The molecule has 0 aliphatic heterocycles. The van der Waals surface area contributed by atoms with Crippen molar-refractivity contribution >= 4 is 15.7 Å². The number of anilines is 1. The van der Waals surface area contributed by atoms with Crippen molar-refractivity contribution in [3.8, 4) is 0 Å². The Kier molecular flexibility index (Phi) is 4.59. The zero-order chi connectivity index (χ0) is 15.5. The summed E-state index contributed by atoms with van der Waals surface area (Å²) in [6, 6.07) is 7.15. The van der Waals surface area contributed by atoms with Crippen molar-refractivity contribution in [2.24, 2.45) is 0 Å². The summed E-state index contributed by atoms with van der Waals surface area (Å²) in [6.45, 7) is 3.86. The van der Waals surface area contributed by atoms with Gasteiger partial charge in [0, 0.05) is 24.6 Å². The minimum Gasteiger partial charge on any atom is -0.398 e. The van der Waals surface area contributed by atoms with Crippen molar-refractivity contribution in [1.82, 2.24) is 9.71 Å². The van der Waals surface area contributed by atoms with Crippen LogP contribution in [0.25, 0.3) is 0 Å². The number of pyridine rings is 1. The summed E-state index contributed by atoms with van der Waals surface area (Å²) in [4.78, 5) is 4.24. The Bertz CT molecular complexity index is 728. The molecule has 0 aliphatic rings. The Balaban J connectivity index is 2.12. The Hall–Kier alpha value is -1.92. The number of nitrogens with zero attached hydrogens (tertiary/aromatic N) is 1. The molecule has 2 aromatic rings. The van der Waals surface area contributed by atoms with E-state index >= 15 is 0 Å². The Morgan fingerprint density at radius 2 is 2.05 bits per heavy atom. The summed E-state index contributed by atoms with van der Waals surface area (Å²) in [5, 5.41) is 0. The molecule has 2 rings (SSSR count). The van der Waals surface area contributed by atoms with E-state index in [4.69, 9.17) is 5.73 Å². The van der Waals surface area contributed by atoms with E-state index in [1.165, 1.54) is 0 Å². The van der Waals surface area contributed by atoms with Gasteiger partial charge in [0.15, 0.2) is 0 Å². The van der Waals surface area contributed by atoms with Crippen molar-refractivity contribution < 1.29 is 8.42 Å². The van der Waals surface area contributed by atoms with E-state index in [-0.39, 0.29) is 4.90 Å². The summed E-state index contributed by atoms with van der Waals surface area (Å²) >= 11 is 0. The number of hydrogen-bond acceptors (Lipinski definition) is 4. The number of benzene rings is 1. The van der Waals surface area contributed by atoms with Crippen LogP contribution < -0.4 is 10.5 Å². The van der Waals surface area contributed by atoms with Crippen LogP contribution in [0, 0.1) is 13.8 Å².